The first kappa shape index (κ1) is 19.1. The van der Waals surface area contributed by atoms with Crippen molar-refractivity contribution in [2.24, 2.45) is 5.10 Å². The summed E-state index contributed by atoms with van der Waals surface area (Å²) in [5.41, 5.74) is -1.08. The summed E-state index contributed by atoms with van der Waals surface area (Å²) in [5.74, 6) is -0.565. The van der Waals surface area contributed by atoms with E-state index in [9.17, 15) is 19.5 Å². The van der Waals surface area contributed by atoms with Crippen LogP contribution in [0.5, 0.6) is 5.88 Å². The smallest absolute Gasteiger partial charge is 0.331 e. The number of carbonyl (C=O) groups is 1. The van der Waals surface area contributed by atoms with Crippen LogP contribution in [0.1, 0.15) is 56.0 Å². The van der Waals surface area contributed by atoms with Gasteiger partial charge in [0.25, 0.3) is 5.56 Å². The highest BCUT2D eigenvalue weighted by atomic mass is 32.1. The number of hydrogen-bond donors (Lipinski definition) is 2. The summed E-state index contributed by atoms with van der Waals surface area (Å²) in [4.78, 5) is 40.0. The van der Waals surface area contributed by atoms with Crippen molar-refractivity contribution in [2.45, 2.75) is 52.1 Å². The van der Waals surface area contributed by atoms with Gasteiger partial charge in [-0.15, -0.1) is 11.3 Å². The van der Waals surface area contributed by atoms with Crippen molar-refractivity contribution in [3.63, 3.8) is 0 Å². The zero-order valence-electron chi connectivity index (χ0n) is 15.3. The van der Waals surface area contributed by atoms with Gasteiger partial charge in [0.1, 0.15) is 5.56 Å². The molecule has 1 aliphatic rings. The molecule has 27 heavy (non-hydrogen) atoms. The normalized spacial score (nSPS) is 16.6. The summed E-state index contributed by atoms with van der Waals surface area (Å²) < 4.78 is 1.15. The standard InChI is InChI=1S/C18H22N4O4S/c1-3-5-8-21-17(25)15(16(24)19-18(21)26)11-10-12(13-7-6-9-27-13)22(20-11)14(23)4-2/h6-7,9,12,25H,3-5,8,10H2,1-2H3,(H,19,24,26). The fraction of sp³-hybridized carbons (Fsp3) is 0.444. The van der Waals surface area contributed by atoms with E-state index >= 15 is 0 Å². The van der Waals surface area contributed by atoms with Gasteiger partial charge in [-0.1, -0.05) is 26.3 Å². The Kier molecular flexibility index (Phi) is 5.59. The number of hydrazone groups is 1. The Bertz CT molecular complexity index is 974. The topological polar surface area (TPSA) is 108 Å². The van der Waals surface area contributed by atoms with E-state index in [0.29, 0.717) is 25.1 Å². The van der Waals surface area contributed by atoms with E-state index in [1.54, 1.807) is 6.92 Å². The molecule has 0 aromatic carbocycles. The van der Waals surface area contributed by atoms with Crippen LogP contribution in [0, 0.1) is 0 Å². The van der Waals surface area contributed by atoms with Crippen LogP contribution in [0.2, 0.25) is 0 Å². The van der Waals surface area contributed by atoms with Crippen molar-refractivity contribution in [1.29, 1.82) is 0 Å². The molecular weight excluding hydrogens is 368 g/mol. The van der Waals surface area contributed by atoms with Gasteiger partial charge in [0, 0.05) is 24.3 Å². The third-order valence-electron chi connectivity index (χ3n) is 4.54. The van der Waals surface area contributed by atoms with Crippen LogP contribution in [-0.2, 0) is 11.3 Å². The van der Waals surface area contributed by atoms with Crippen LogP contribution in [0.4, 0.5) is 0 Å². The van der Waals surface area contributed by atoms with Crippen molar-refractivity contribution >= 4 is 23.0 Å². The molecule has 3 rings (SSSR count). The molecule has 1 aliphatic heterocycles. The molecule has 0 spiro atoms. The molecule has 0 saturated heterocycles. The van der Waals surface area contributed by atoms with Gasteiger partial charge in [-0.2, -0.15) is 5.10 Å². The number of H-pyrrole nitrogens is 1. The second kappa shape index (κ2) is 7.91. The number of rotatable bonds is 6. The van der Waals surface area contributed by atoms with E-state index < -0.39 is 17.1 Å². The first-order valence-electron chi connectivity index (χ1n) is 8.97. The highest BCUT2D eigenvalue weighted by Gasteiger charge is 2.35. The molecule has 2 aromatic rings. The number of aromatic hydroxyl groups is 1. The Balaban J connectivity index is 2.07. The molecule has 1 amide bonds. The molecule has 1 unspecified atom stereocenters. The lowest BCUT2D eigenvalue weighted by Crippen LogP contribution is -2.33. The highest BCUT2D eigenvalue weighted by Crippen LogP contribution is 2.36. The van der Waals surface area contributed by atoms with E-state index in [4.69, 9.17) is 0 Å². The van der Waals surface area contributed by atoms with Crippen molar-refractivity contribution in [2.75, 3.05) is 0 Å². The van der Waals surface area contributed by atoms with Gasteiger partial charge in [0.2, 0.25) is 11.8 Å². The average molecular weight is 390 g/mol. The summed E-state index contributed by atoms with van der Waals surface area (Å²) in [7, 11) is 0. The van der Waals surface area contributed by atoms with E-state index in [2.05, 4.69) is 10.1 Å². The van der Waals surface area contributed by atoms with E-state index in [1.165, 1.54) is 16.3 Å². The number of nitrogens with zero attached hydrogens (tertiary/aromatic N) is 3. The Hall–Kier alpha value is -2.68. The maximum atomic E-state index is 12.4. The summed E-state index contributed by atoms with van der Waals surface area (Å²) >= 11 is 1.50. The van der Waals surface area contributed by atoms with Crippen LogP contribution in [0.25, 0.3) is 0 Å². The molecule has 0 bridgehead atoms. The van der Waals surface area contributed by atoms with Crippen LogP contribution < -0.4 is 11.2 Å². The second-order valence-corrected chi connectivity index (χ2v) is 7.32. The quantitative estimate of drug-likeness (QED) is 0.788. The molecule has 8 nitrogen and oxygen atoms in total. The molecule has 9 heteroatoms. The van der Waals surface area contributed by atoms with Crippen LogP contribution in [-0.4, -0.2) is 31.3 Å². The average Bonchev–Trinajstić information content (AvgIpc) is 3.30. The largest absolute Gasteiger partial charge is 0.494 e. The van der Waals surface area contributed by atoms with Crippen LogP contribution >= 0.6 is 11.3 Å². The Labute approximate surface area is 159 Å². The third kappa shape index (κ3) is 3.59. The van der Waals surface area contributed by atoms with Gasteiger partial charge < -0.3 is 5.11 Å². The van der Waals surface area contributed by atoms with E-state index in [-0.39, 0.29) is 23.9 Å². The first-order valence-corrected chi connectivity index (χ1v) is 9.85. The number of amides is 1. The lowest BCUT2D eigenvalue weighted by atomic mass is 10.0. The molecule has 0 radical (unpaired) electrons. The Morgan fingerprint density at radius 3 is 2.81 bits per heavy atom. The lowest BCUT2D eigenvalue weighted by molar-refractivity contribution is -0.132. The van der Waals surface area contributed by atoms with E-state index in [0.717, 1.165) is 15.9 Å². The number of aromatic nitrogens is 2. The molecule has 2 N–H and O–H groups in total. The predicted octanol–water partition coefficient (Wildman–Crippen LogP) is 2.19. The lowest BCUT2D eigenvalue weighted by Gasteiger charge is -2.19. The molecule has 3 heterocycles. The molecular formula is C18H22N4O4S. The number of nitrogens with one attached hydrogen (secondary N) is 1. The second-order valence-electron chi connectivity index (χ2n) is 6.34. The summed E-state index contributed by atoms with van der Waals surface area (Å²) in [6, 6.07) is 3.49. The van der Waals surface area contributed by atoms with Crippen LogP contribution in [0.15, 0.2) is 32.2 Å². The fourth-order valence-electron chi connectivity index (χ4n) is 3.10. The fourth-order valence-corrected chi connectivity index (χ4v) is 3.91. The predicted molar refractivity (Wildman–Crippen MR) is 103 cm³/mol. The monoisotopic (exact) mass is 390 g/mol. The molecule has 0 aliphatic carbocycles. The number of thiophene rings is 1. The third-order valence-corrected chi connectivity index (χ3v) is 5.51. The molecule has 0 saturated carbocycles. The van der Waals surface area contributed by atoms with Crippen molar-refractivity contribution in [3.05, 3.63) is 48.8 Å². The number of aromatic amines is 1. The molecule has 144 valence electrons. The van der Waals surface area contributed by atoms with E-state index in [1.807, 2.05) is 24.4 Å². The minimum absolute atomic E-state index is 0.0429. The van der Waals surface area contributed by atoms with Crippen molar-refractivity contribution in [3.8, 4) is 5.88 Å². The summed E-state index contributed by atoms with van der Waals surface area (Å²) in [6.07, 6.45) is 2.09. The van der Waals surface area contributed by atoms with Gasteiger partial charge in [-0.25, -0.2) is 9.80 Å². The SMILES string of the molecule is CCCCn1c(O)c(C2=NN(C(=O)CC)C(c3cccs3)C2)c(=O)[nH]c1=O. The zero-order chi connectivity index (χ0) is 19.6. The van der Waals surface area contributed by atoms with Gasteiger partial charge in [-0.05, 0) is 17.9 Å². The molecule has 1 atom stereocenters. The van der Waals surface area contributed by atoms with Crippen LogP contribution in [0.3, 0.4) is 0 Å². The first-order chi connectivity index (χ1) is 13.0. The maximum absolute atomic E-state index is 12.4. The number of hydrogen-bond acceptors (Lipinski definition) is 6. The molecule has 0 fully saturated rings. The number of unbranched alkanes of at least 4 members (excludes halogenated alkanes) is 1. The van der Waals surface area contributed by atoms with Gasteiger partial charge in [-0.3, -0.25) is 19.1 Å². The Morgan fingerprint density at radius 1 is 1.41 bits per heavy atom. The van der Waals surface area contributed by atoms with Gasteiger partial charge in [0.15, 0.2) is 0 Å². The summed E-state index contributed by atoms with van der Waals surface area (Å²) in [6.45, 7) is 4.01. The summed E-state index contributed by atoms with van der Waals surface area (Å²) in [5, 5.41) is 18.2. The van der Waals surface area contributed by atoms with Crippen molar-refractivity contribution in [1.82, 2.24) is 14.6 Å². The molecule has 2 aromatic heterocycles. The minimum atomic E-state index is -0.695. The zero-order valence-corrected chi connectivity index (χ0v) is 16.1. The minimum Gasteiger partial charge on any atom is -0.494 e. The van der Waals surface area contributed by atoms with Gasteiger partial charge >= 0.3 is 5.69 Å². The highest BCUT2D eigenvalue weighted by molar-refractivity contribution is 7.10. The maximum Gasteiger partial charge on any atom is 0.331 e. The van der Waals surface area contributed by atoms with Crippen molar-refractivity contribution < 1.29 is 9.90 Å². The number of carbonyl (C=O) groups excluding carboxylic acids is 1. The van der Waals surface area contributed by atoms with Gasteiger partial charge in [0.05, 0.1) is 11.8 Å². The Morgan fingerprint density at radius 2 is 2.19 bits per heavy atom.